The minimum Gasteiger partial charge on any atom is -0.497 e. The van der Waals surface area contributed by atoms with Crippen molar-refractivity contribution in [1.29, 1.82) is 0 Å². The summed E-state index contributed by atoms with van der Waals surface area (Å²) >= 11 is 0. The monoisotopic (exact) mass is 344 g/mol. The largest absolute Gasteiger partial charge is 0.497 e. The summed E-state index contributed by atoms with van der Waals surface area (Å²) in [7, 11) is 1.65. The number of amides is 1. The van der Waals surface area contributed by atoms with E-state index in [1.807, 2.05) is 31.2 Å². The lowest BCUT2D eigenvalue weighted by Gasteiger charge is -2.19. The zero-order valence-corrected chi connectivity index (χ0v) is 14.8. The number of rotatable bonds is 6. The number of ether oxygens (including phenoxy) is 1. The van der Waals surface area contributed by atoms with Gasteiger partial charge in [0.05, 0.1) is 18.8 Å². The summed E-state index contributed by atoms with van der Waals surface area (Å²) in [5.41, 5.74) is 8.22. The van der Waals surface area contributed by atoms with E-state index in [9.17, 15) is 4.79 Å². The molecule has 0 bridgehead atoms. The third-order valence-corrected chi connectivity index (χ3v) is 4.44. The molecule has 134 valence electrons. The van der Waals surface area contributed by atoms with Crippen LogP contribution in [0.3, 0.4) is 0 Å². The molecule has 2 atom stereocenters. The van der Waals surface area contributed by atoms with Crippen LogP contribution in [0.1, 0.15) is 40.7 Å². The first-order valence-electron chi connectivity index (χ1n) is 8.49. The van der Waals surface area contributed by atoms with Crippen molar-refractivity contribution in [3.05, 3.63) is 47.2 Å². The van der Waals surface area contributed by atoms with Gasteiger partial charge in [-0.05, 0) is 24.6 Å². The summed E-state index contributed by atoms with van der Waals surface area (Å²) in [6.45, 7) is 5.04. The van der Waals surface area contributed by atoms with E-state index in [0.717, 1.165) is 17.9 Å². The number of carbonyl (C=O) groups is 1. The number of methoxy groups -OCH3 is 1. The Labute approximate surface area is 147 Å². The Kier molecular flexibility index (Phi) is 5.35. The zero-order valence-electron chi connectivity index (χ0n) is 14.8. The van der Waals surface area contributed by atoms with Gasteiger partial charge in [-0.2, -0.15) is 0 Å². The van der Waals surface area contributed by atoms with Gasteiger partial charge < -0.3 is 14.5 Å². The molecule has 7 nitrogen and oxygen atoms in total. The molecule has 1 fully saturated rings. The fraction of sp³-hybridized carbons (Fsp3) is 0.444. The van der Waals surface area contributed by atoms with Gasteiger partial charge in [-0.15, -0.1) is 0 Å². The van der Waals surface area contributed by atoms with E-state index in [1.54, 1.807) is 14.0 Å². The molecule has 2 unspecified atom stereocenters. The number of aromatic nitrogens is 1. The third kappa shape index (κ3) is 3.83. The molecular weight excluding hydrogens is 320 g/mol. The van der Waals surface area contributed by atoms with Crippen LogP contribution in [0.15, 0.2) is 28.7 Å². The van der Waals surface area contributed by atoms with Crippen molar-refractivity contribution in [2.24, 2.45) is 5.92 Å². The minimum atomic E-state index is -0.218. The first-order valence-corrected chi connectivity index (χ1v) is 8.49. The van der Waals surface area contributed by atoms with Crippen molar-refractivity contribution in [1.82, 2.24) is 21.2 Å². The Hall–Kier alpha value is -2.38. The lowest BCUT2D eigenvalue weighted by Crippen LogP contribution is -2.33. The van der Waals surface area contributed by atoms with E-state index in [2.05, 4.69) is 21.2 Å². The molecule has 0 aliphatic carbocycles. The fourth-order valence-electron chi connectivity index (χ4n) is 3.01. The molecule has 1 saturated heterocycles. The van der Waals surface area contributed by atoms with Gasteiger partial charge in [0, 0.05) is 25.4 Å². The van der Waals surface area contributed by atoms with Gasteiger partial charge in [-0.25, -0.2) is 10.4 Å². The predicted octanol–water partition coefficient (Wildman–Crippen LogP) is 1.75. The zero-order chi connectivity index (χ0) is 17.8. The van der Waals surface area contributed by atoms with Crippen LogP contribution >= 0.6 is 0 Å². The number of aryl methyl sites for hydroxylation is 2. The molecule has 0 radical (unpaired) electrons. The van der Waals surface area contributed by atoms with Crippen LogP contribution in [-0.2, 0) is 6.42 Å². The molecule has 1 amide bonds. The molecule has 2 aromatic rings. The maximum atomic E-state index is 12.4. The van der Waals surface area contributed by atoms with Gasteiger partial charge in [0.25, 0.3) is 5.91 Å². The SMILES string of the molecule is CCc1nc(C)c(C(=O)NCC2CNNC2c2ccc(OC)cc2)o1. The standard InChI is InChI=1S/C18H24N4O3/c1-4-15-21-11(2)17(25-15)18(23)19-9-13-10-20-22-16(13)12-5-7-14(24-3)8-6-12/h5-8,13,16,20,22H,4,9-10H2,1-3H3,(H,19,23). The smallest absolute Gasteiger partial charge is 0.289 e. The average Bonchev–Trinajstić information content (AvgIpc) is 3.26. The number of hydrogen-bond acceptors (Lipinski definition) is 6. The second-order valence-electron chi connectivity index (χ2n) is 6.12. The van der Waals surface area contributed by atoms with Gasteiger partial charge in [0.2, 0.25) is 5.76 Å². The average molecular weight is 344 g/mol. The third-order valence-electron chi connectivity index (χ3n) is 4.44. The van der Waals surface area contributed by atoms with Crippen LogP contribution in [0, 0.1) is 12.8 Å². The lowest BCUT2D eigenvalue weighted by atomic mass is 9.95. The second-order valence-corrected chi connectivity index (χ2v) is 6.12. The van der Waals surface area contributed by atoms with Gasteiger partial charge in [0.1, 0.15) is 5.75 Å². The topological polar surface area (TPSA) is 88.4 Å². The molecule has 7 heteroatoms. The molecule has 3 N–H and O–H groups in total. The van der Waals surface area contributed by atoms with Crippen molar-refractivity contribution in [3.8, 4) is 5.75 Å². The Bertz CT molecular complexity index is 726. The van der Waals surface area contributed by atoms with Crippen molar-refractivity contribution in [2.45, 2.75) is 26.3 Å². The van der Waals surface area contributed by atoms with Gasteiger partial charge in [-0.3, -0.25) is 10.2 Å². The molecule has 0 saturated carbocycles. The molecular formula is C18H24N4O3. The van der Waals surface area contributed by atoms with E-state index < -0.39 is 0 Å². The fourth-order valence-corrected chi connectivity index (χ4v) is 3.01. The summed E-state index contributed by atoms with van der Waals surface area (Å²) in [5, 5.41) is 2.96. The Morgan fingerprint density at radius 3 is 2.80 bits per heavy atom. The number of hydrogen-bond donors (Lipinski definition) is 3. The summed E-state index contributed by atoms with van der Waals surface area (Å²) < 4.78 is 10.7. The highest BCUT2D eigenvalue weighted by Gasteiger charge is 2.29. The Morgan fingerprint density at radius 1 is 1.40 bits per heavy atom. The van der Waals surface area contributed by atoms with Crippen LogP contribution in [-0.4, -0.2) is 31.1 Å². The van der Waals surface area contributed by atoms with Crippen LogP contribution in [0.4, 0.5) is 0 Å². The summed E-state index contributed by atoms with van der Waals surface area (Å²) in [5.74, 6) is 1.73. The van der Waals surface area contributed by atoms with Crippen molar-refractivity contribution in [2.75, 3.05) is 20.2 Å². The summed E-state index contributed by atoms with van der Waals surface area (Å²) in [4.78, 5) is 16.6. The van der Waals surface area contributed by atoms with Crippen molar-refractivity contribution in [3.63, 3.8) is 0 Å². The molecule has 1 aromatic carbocycles. The van der Waals surface area contributed by atoms with Crippen LogP contribution in [0.25, 0.3) is 0 Å². The highest BCUT2D eigenvalue weighted by atomic mass is 16.5. The maximum Gasteiger partial charge on any atom is 0.289 e. The highest BCUT2D eigenvalue weighted by Crippen LogP contribution is 2.26. The van der Waals surface area contributed by atoms with Gasteiger partial charge in [0.15, 0.2) is 5.89 Å². The number of carbonyl (C=O) groups excluding carboxylic acids is 1. The number of nitrogens with one attached hydrogen (secondary N) is 3. The van der Waals surface area contributed by atoms with Gasteiger partial charge >= 0.3 is 0 Å². The molecule has 2 heterocycles. The Morgan fingerprint density at radius 2 is 2.16 bits per heavy atom. The van der Waals surface area contributed by atoms with E-state index in [4.69, 9.17) is 9.15 Å². The van der Waals surface area contributed by atoms with E-state index in [0.29, 0.717) is 30.3 Å². The quantitative estimate of drug-likeness (QED) is 0.740. The number of benzene rings is 1. The predicted molar refractivity (Wildman–Crippen MR) is 93.3 cm³/mol. The second kappa shape index (κ2) is 7.67. The highest BCUT2D eigenvalue weighted by molar-refractivity contribution is 5.92. The molecule has 25 heavy (non-hydrogen) atoms. The van der Waals surface area contributed by atoms with E-state index >= 15 is 0 Å². The normalized spacial score (nSPS) is 19.8. The Balaban J connectivity index is 1.63. The maximum absolute atomic E-state index is 12.4. The van der Waals surface area contributed by atoms with Crippen LogP contribution in [0.2, 0.25) is 0 Å². The lowest BCUT2D eigenvalue weighted by molar-refractivity contribution is 0.0916. The first kappa shape index (κ1) is 17.4. The van der Waals surface area contributed by atoms with Crippen molar-refractivity contribution >= 4 is 5.91 Å². The molecule has 1 aromatic heterocycles. The summed E-state index contributed by atoms with van der Waals surface area (Å²) in [6, 6.07) is 8.07. The van der Waals surface area contributed by atoms with Gasteiger partial charge in [-0.1, -0.05) is 19.1 Å². The number of nitrogens with zero attached hydrogens (tertiary/aromatic N) is 1. The van der Waals surface area contributed by atoms with Crippen LogP contribution < -0.4 is 20.9 Å². The number of oxazole rings is 1. The summed E-state index contributed by atoms with van der Waals surface area (Å²) in [6.07, 6.45) is 0.671. The first-order chi connectivity index (χ1) is 12.1. The molecule has 1 aliphatic rings. The molecule has 0 spiro atoms. The van der Waals surface area contributed by atoms with E-state index in [-0.39, 0.29) is 17.9 Å². The van der Waals surface area contributed by atoms with E-state index in [1.165, 1.54) is 0 Å². The molecule has 3 rings (SSSR count). The van der Waals surface area contributed by atoms with Crippen LogP contribution in [0.5, 0.6) is 5.75 Å². The molecule has 1 aliphatic heterocycles. The van der Waals surface area contributed by atoms with Crippen molar-refractivity contribution < 1.29 is 13.9 Å². The number of hydrazine groups is 1. The minimum absolute atomic E-state index is 0.119.